The number of rotatable bonds is 5. The van der Waals surface area contributed by atoms with E-state index in [0.717, 1.165) is 21.0 Å². The minimum absolute atomic E-state index is 0.670. The van der Waals surface area contributed by atoms with E-state index in [1.807, 2.05) is 38.2 Å². The predicted octanol–water partition coefficient (Wildman–Crippen LogP) is 2.99. The molecule has 0 aliphatic heterocycles. The summed E-state index contributed by atoms with van der Waals surface area (Å²) in [6.45, 7) is 0. The van der Waals surface area contributed by atoms with Gasteiger partial charge in [0.1, 0.15) is 5.82 Å². The minimum Gasteiger partial charge on any atom is -0.373 e. The number of pyridine rings is 1. The molecule has 0 fully saturated rings. The van der Waals surface area contributed by atoms with Crippen molar-refractivity contribution in [2.24, 2.45) is 0 Å². The molecular weight excluding hydrogens is 302 g/mol. The highest BCUT2D eigenvalue weighted by Gasteiger charge is 2.09. The van der Waals surface area contributed by atoms with Crippen LogP contribution in [0.2, 0.25) is 5.02 Å². The van der Waals surface area contributed by atoms with E-state index in [0.29, 0.717) is 10.8 Å². The second-order valence-corrected chi connectivity index (χ2v) is 6.49. The number of hydrogen-bond acceptors (Lipinski definition) is 7. The van der Waals surface area contributed by atoms with Crippen molar-refractivity contribution in [3.8, 4) is 0 Å². The average molecular weight is 316 g/mol. The maximum absolute atomic E-state index is 6.13. The van der Waals surface area contributed by atoms with Crippen molar-refractivity contribution in [3.63, 3.8) is 0 Å². The normalized spacial score (nSPS) is 10.5. The fourth-order valence-corrected chi connectivity index (χ4v) is 3.26. The summed E-state index contributed by atoms with van der Waals surface area (Å²) >= 11 is 9.28. The van der Waals surface area contributed by atoms with E-state index in [-0.39, 0.29) is 0 Å². The Labute approximate surface area is 125 Å². The summed E-state index contributed by atoms with van der Waals surface area (Å²) in [4.78, 5) is 6.37. The average Bonchev–Trinajstić information content (AvgIpc) is 2.87. The van der Waals surface area contributed by atoms with Gasteiger partial charge in [0.05, 0.1) is 10.7 Å². The largest absolute Gasteiger partial charge is 0.373 e. The van der Waals surface area contributed by atoms with Crippen LogP contribution < -0.4 is 10.2 Å². The Morgan fingerprint density at radius 3 is 2.79 bits per heavy atom. The van der Waals surface area contributed by atoms with Crippen LogP contribution in [0.4, 0.5) is 10.9 Å². The summed E-state index contributed by atoms with van der Waals surface area (Å²) in [5.41, 5.74) is 0.847. The van der Waals surface area contributed by atoms with Gasteiger partial charge in [-0.05, 0) is 12.1 Å². The molecule has 0 spiro atoms. The lowest BCUT2D eigenvalue weighted by molar-refractivity contribution is 0.972. The van der Waals surface area contributed by atoms with E-state index in [4.69, 9.17) is 11.6 Å². The van der Waals surface area contributed by atoms with Crippen LogP contribution in [0, 0.1) is 0 Å². The third kappa shape index (κ3) is 3.71. The summed E-state index contributed by atoms with van der Waals surface area (Å²) in [5.74, 6) is 1.49. The molecule has 0 atom stereocenters. The van der Waals surface area contributed by atoms with Crippen molar-refractivity contribution in [3.05, 3.63) is 22.8 Å². The molecule has 0 radical (unpaired) electrons. The Morgan fingerprint density at radius 1 is 1.37 bits per heavy atom. The Bertz CT molecular complexity index is 558. The highest BCUT2D eigenvalue weighted by molar-refractivity contribution is 8.00. The van der Waals surface area contributed by atoms with Crippen molar-refractivity contribution in [2.75, 3.05) is 31.4 Å². The van der Waals surface area contributed by atoms with Crippen LogP contribution in [-0.4, -0.2) is 36.3 Å². The summed E-state index contributed by atoms with van der Waals surface area (Å²) in [5, 5.41) is 12.8. The van der Waals surface area contributed by atoms with Crippen LogP contribution in [0.3, 0.4) is 0 Å². The van der Waals surface area contributed by atoms with Crippen LogP contribution in [0.15, 0.2) is 16.5 Å². The van der Waals surface area contributed by atoms with Crippen molar-refractivity contribution < 1.29 is 0 Å². The number of nitrogens with zero attached hydrogens (tertiary/aromatic N) is 4. The molecule has 5 nitrogen and oxygen atoms in total. The van der Waals surface area contributed by atoms with Gasteiger partial charge >= 0.3 is 0 Å². The fourth-order valence-electron chi connectivity index (χ4n) is 1.30. The van der Waals surface area contributed by atoms with Gasteiger partial charge in [0.15, 0.2) is 4.34 Å². The molecule has 1 N–H and O–H groups in total. The highest BCUT2D eigenvalue weighted by Crippen LogP contribution is 2.30. The number of halogens is 1. The maximum Gasteiger partial charge on any atom is 0.208 e. The summed E-state index contributed by atoms with van der Waals surface area (Å²) in [6, 6.07) is 3.70. The molecule has 8 heteroatoms. The zero-order valence-electron chi connectivity index (χ0n) is 10.8. The lowest BCUT2D eigenvalue weighted by Gasteiger charge is -2.05. The molecule has 0 unspecified atom stereocenters. The SMILES string of the molecule is CNc1ccc(Cl)c(CSc2nnc(N(C)C)s2)n1. The molecule has 2 aromatic heterocycles. The summed E-state index contributed by atoms with van der Waals surface area (Å²) < 4.78 is 0.913. The second-order valence-electron chi connectivity index (χ2n) is 3.91. The molecule has 0 amide bonds. The zero-order valence-corrected chi connectivity index (χ0v) is 13.2. The molecule has 0 saturated carbocycles. The second kappa shape index (κ2) is 6.40. The van der Waals surface area contributed by atoms with Gasteiger partial charge in [-0.2, -0.15) is 0 Å². The van der Waals surface area contributed by atoms with Gasteiger partial charge in [0.25, 0.3) is 0 Å². The first kappa shape index (κ1) is 14.4. The minimum atomic E-state index is 0.670. The molecule has 102 valence electrons. The lowest BCUT2D eigenvalue weighted by atomic mass is 10.3. The van der Waals surface area contributed by atoms with Gasteiger partial charge in [-0.15, -0.1) is 10.2 Å². The smallest absolute Gasteiger partial charge is 0.208 e. The molecule has 19 heavy (non-hydrogen) atoms. The van der Waals surface area contributed by atoms with Crippen LogP contribution in [-0.2, 0) is 5.75 Å². The topological polar surface area (TPSA) is 53.9 Å². The van der Waals surface area contributed by atoms with Gasteiger partial charge in [-0.3, -0.25) is 0 Å². The van der Waals surface area contributed by atoms with E-state index >= 15 is 0 Å². The Balaban J connectivity index is 2.05. The fraction of sp³-hybridized carbons (Fsp3) is 0.364. The molecule has 0 aromatic carbocycles. The number of hydrogen-bond donors (Lipinski definition) is 1. The third-order valence-corrected chi connectivity index (χ3v) is 4.87. The van der Waals surface area contributed by atoms with E-state index < -0.39 is 0 Å². The Hall–Kier alpha value is -1.05. The lowest BCUT2D eigenvalue weighted by Crippen LogP contribution is -2.07. The Morgan fingerprint density at radius 2 is 2.16 bits per heavy atom. The number of anilines is 2. The number of nitrogens with one attached hydrogen (secondary N) is 1. The quantitative estimate of drug-likeness (QED) is 0.856. The van der Waals surface area contributed by atoms with Crippen LogP contribution >= 0.6 is 34.7 Å². The van der Waals surface area contributed by atoms with E-state index in [1.54, 1.807) is 23.1 Å². The molecule has 0 aliphatic rings. The number of thioether (sulfide) groups is 1. The van der Waals surface area contributed by atoms with Crippen LogP contribution in [0.5, 0.6) is 0 Å². The van der Waals surface area contributed by atoms with E-state index in [2.05, 4.69) is 20.5 Å². The Kier molecular flexibility index (Phi) is 4.84. The van der Waals surface area contributed by atoms with Crippen molar-refractivity contribution in [2.45, 2.75) is 10.1 Å². The molecule has 2 rings (SSSR count). The van der Waals surface area contributed by atoms with Crippen LogP contribution in [0.1, 0.15) is 5.69 Å². The molecule has 0 saturated heterocycles. The molecule has 0 aliphatic carbocycles. The first-order chi connectivity index (χ1) is 9.10. The first-order valence-corrected chi connectivity index (χ1v) is 7.75. The van der Waals surface area contributed by atoms with Crippen molar-refractivity contribution in [1.29, 1.82) is 0 Å². The van der Waals surface area contributed by atoms with Gasteiger partial charge in [-0.25, -0.2) is 4.98 Å². The molecule has 2 heterocycles. The summed E-state index contributed by atoms with van der Waals surface area (Å²) in [6.07, 6.45) is 0. The third-order valence-electron chi connectivity index (χ3n) is 2.29. The van der Waals surface area contributed by atoms with Crippen molar-refractivity contribution >= 4 is 45.6 Å². The monoisotopic (exact) mass is 315 g/mol. The van der Waals surface area contributed by atoms with Gasteiger partial charge in [-0.1, -0.05) is 34.7 Å². The van der Waals surface area contributed by atoms with E-state index in [1.165, 1.54) is 0 Å². The molecule has 0 bridgehead atoms. The molecular formula is C11H14ClN5S2. The van der Waals surface area contributed by atoms with Gasteiger partial charge < -0.3 is 10.2 Å². The standard InChI is InChI=1S/C11H14ClN5S2/c1-13-9-5-4-7(12)8(14-9)6-18-11-16-15-10(19-11)17(2)3/h4-5H,6H2,1-3H3,(H,13,14). The maximum atomic E-state index is 6.13. The van der Waals surface area contributed by atoms with Crippen molar-refractivity contribution in [1.82, 2.24) is 15.2 Å². The van der Waals surface area contributed by atoms with Gasteiger partial charge in [0.2, 0.25) is 5.13 Å². The highest BCUT2D eigenvalue weighted by atomic mass is 35.5. The first-order valence-electron chi connectivity index (χ1n) is 5.57. The number of aromatic nitrogens is 3. The summed E-state index contributed by atoms with van der Waals surface area (Å²) in [7, 11) is 5.73. The van der Waals surface area contributed by atoms with Gasteiger partial charge in [0, 0.05) is 26.9 Å². The van der Waals surface area contributed by atoms with Crippen LogP contribution in [0.25, 0.3) is 0 Å². The predicted molar refractivity (Wildman–Crippen MR) is 82.6 cm³/mol. The molecule has 2 aromatic rings. The zero-order chi connectivity index (χ0) is 13.8. The van der Waals surface area contributed by atoms with E-state index in [9.17, 15) is 0 Å².